The molecule has 1 amide bonds. The molecule has 0 radical (unpaired) electrons. The molecule has 0 bridgehead atoms. The third-order valence-electron chi connectivity index (χ3n) is 5.19. The third kappa shape index (κ3) is 2.98. The molecule has 2 N–H and O–H groups in total. The Hall–Kier alpha value is -1.35. The Morgan fingerprint density at radius 1 is 1.19 bits per heavy atom. The van der Waals surface area contributed by atoms with Gasteiger partial charge >= 0.3 is 0 Å². The van der Waals surface area contributed by atoms with Crippen LogP contribution in [0.2, 0.25) is 0 Å². The highest BCUT2D eigenvalue weighted by Gasteiger charge is 2.40. The van der Waals surface area contributed by atoms with Gasteiger partial charge in [-0.05, 0) is 42.7 Å². The zero-order valence-corrected chi connectivity index (χ0v) is 13.0. The number of rotatable bonds is 4. The fraction of sp³-hybridized carbons (Fsp3) is 0.611. The first-order chi connectivity index (χ1) is 10.2. The lowest BCUT2D eigenvalue weighted by molar-refractivity contribution is -0.124. The molecule has 1 heterocycles. The Labute approximate surface area is 127 Å². The molecular formula is C18H26N2O. The summed E-state index contributed by atoms with van der Waals surface area (Å²) in [4.78, 5) is 12.8. The van der Waals surface area contributed by atoms with Crippen molar-refractivity contribution in [2.75, 3.05) is 13.1 Å². The van der Waals surface area contributed by atoms with Crippen LogP contribution < -0.4 is 10.6 Å². The maximum absolute atomic E-state index is 12.8. The lowest BCUT2D eigenvalue weighted by Crippen LogP contribution is -2.42. The van der Waals surface area contributed by atoms with Crippen LogP contribution in [0.15, 0.2) is 30.3 Å². The molecule has 3 nitrogen and oxygen atoms in total. The second kappa shape index (κ2) is 6.18. The van der Waals surface area contributed by atoms with Crippen LogP contribution in [-0.4, -0.2) is 25.0 Å². The molecule has 3 heteroatoms. The predicted octanol–water partition coefficient (Wildman–Crippen LogP) is 2.54. The molecule has 1 aliphatic carbocycles. The van der Waals surface area contributed by atoms with E-state index < -0.39 is 0 Å². The number of nitrogens with one attached hydrogen (secondary N) is 2. The summed E-state index contributed by atoms with van der Waals surface area (Å²) in [5.74, 6) is 1.88. The lowest BCUT2D eigenvalue weighted by Gasteiger charge is -2.25. The van der Waals surface area contributed by atoms with Crippen LogP contribution in [0.25, 0.3) is 0 Å². The number of amides is 1. The van der Waals surface area contributed by atoms with Crippen molar-refractivity contribution in [3.8, 4) is 0 Å². The number of hydrogen-bond acceptors (Lipinski definition) is 2. The fourth-order valence-electron chi connectivity index (χ4n) is 4.10. The SMILES string of the molecule is CC(C)C(C(=O)NC1CCC2CNC[C@@H]21)c1ccccc1. The molecule has 0 spiro atoms. The maximum Gasteiger partial charge on any atom is 0.228 e. The zero-order valence-electron chi connectivity index (χ0n) is 13.0. The van der Waals surface area contributed by atoms with Gasteiger partial charge in [0.2, 0.25) is 5.91 Å². The minimum absolute atomic E-state index is 0.0420. The van der Waals surface area contributed by atoms with Gasteiger partial charge in [-0.1, -0.05) is 44.2 Å². The molecular weight excluding hydrogens is 260 g/mol. The topological polar surface area (TPSA) is 41.1 Å². The predicted molar refractivity (Wildman–Crippen MR) is 85.0 cm³/mol. The van der Waals surface area contributed by atoms with Crippen molar-refractivity contribution in [3.05, 3.63) is 35.9 Å². The summed E-state index contributed by atoms with van der Waals surface area (Å²) in [5, 5.41) is 6.81. The van der Waals surface area contributed by atoms with Gasteiger partial charge in [-0.15, -0.1) is 0 Å². The lowest BCUT2D eigenvalue weighted by atomic mass is 9.87. The van der Waals surface area contributed by atoms with Gasteiger partial charge in [0.05, 0.1) is 5.92 Å². The van der Waals surface area contributed by atoms with Crippen molar-refractivity contribution in [2.24, 2.45) is 17.8 Å². The molecule has 1 aromatic carbocycles. The molecule has 2 fully saturated rings. The van der Waals surface area contributed by atoms with E-state index in [4.69, 9.17) is 0 Å². The third-order valence-corrected chi connectivity index (χ3v) is 5.19. The second-order valence-electron chi connectivity index (χ2n) is 6.91. The van der Waals surface area contributed by atoms with E-state index in [0.717, 1.165) is 31.0 Å². The summed E-state index contributed by atoms with van der Waals surface area (Å²) in [6, 6.07) is 10.5. The van der Waals surface area contributed by atoms with E-state index in [0.29, 0.717) is 17.9 Å². The van der Waals surface area contributed by atoms with Gasteiger partial charge < -0.3 is 10.6 Å². The van der Waals surface area contributed by atoms with Crippen molar-refractivity contribution in [1.82, 2.24) is 10.6 Å². The maximum atomic E-state index is 12.8. The normalized spacial score (nSPS) is 29.4. The first-order valence-corrected chi connectivity index (χ1v) is 8.23. The minimum Gasteiger partial charge on any atom is -0.352 e. The number of hydrogen-bond donors (Lipinski definition) is 2. The van der Waals surface area contributed by atoms with Gasteiger partial charge in [0.25, 0.3) is 0 Å². The highest BCUT2D eigenvalue weighted by atomic mass is 16.2. The molecule has 0 aromatic heterocycles. The van der Waals surface area contributed by atoms with Crippen LogP contribution in [0.3, 0.4) is 0 Å². The van der Waals surface area contributed by atoms with Gasteiger partial charge in [-0.2, -0.15) is 0 Å². The van der Waals surface area contributed by atoms with Gasteiger partial charge in [0.1, 0.15) is 0 Å². The summed E-state index contributed by atoms with van der Waals surface area (Å²) in [7, 11) is 0. The summed E-state index contributed by atoms with van der Waals surface area (Å²) >= 11 is 0. The fourth-order valence-corrected chi connectivity index (χ4v) is 4.10. The van der Waals surface area contributed by atoms with E-state index in [1.807, 2.05) is 18.2 Å². The first kappa shape index (κ1) is 14.6. The van der Waals surface area contributed by atoms with Crippen molar-refractivity contribution >= 4 is 5.91 Å². The van der Waals surface area contributed by atoms with Crippen molar-refractivity contribution in [2.45, 2.75) is 38.6 Å². The summed E-state index contributed by atoms with van der Waals surface area (Å²) < 4.78 is 0. The summed E-state index contributed by atoms with van der Waals surface area (Å²) in [5.41, 5.74) is 1.13. The Morgan fingerprint density at radius 3 is 2.67 bits per heavy atom. The average Bonchev–Trinajstić information content (AvgIpc) is 3.05. The number of fused-ring (bicyclic) bond motifs is 1. The van der Waals surface area contributed by atoms with E-state index in [1.165, 1.54) is 6.42 Å². The van der Waals surface area contributed by atoms with Gasteiger partial charge in [0, 0.05) is 12.6 Å². The smallest absolute Gasteiger partial charge is 0.228 e. The van der Waals surface area contributed by atoms with Crippen LogP contribution in [-0.2, 0) is 4.79 Å². The Kier molecular flexibility index (Phi) is 4.29. The van der Waals surface area contributed by atoms with Crippen LogP contribution in [0.1, 0.15) is 38.2 Å². The monoisotopic (exact) mass is 286 g/mol. The van der Waals surface area contributed by atoms with E-state index in [-0.39, 0.29) is 11.8 Å². The zero-order chi connectivity index (χ0) is 14.8. The van der Waals surface area contributed by atoms with Crippen LogP contribution >= 0.6 is 0 Å². The summed E-state index contributed by atoms with van der Waals surface area (Å²) in [6.07, 6.45) is 2.39. The van der Waals surface area contributed by atoms with E-state index in [9.17, 15) is 4.79 Å². The van der Waals surface area contributed by atoms with Gasteiger partial charge in [-0.3, -0.25) is 4.79 Å². The van der Waals surface area contributed by atoms with Crippen LogP contribution in [0.4, 0.5) is 0 Å². The quantitative estimate of drug-likeness (QED) is 0.893. The highest BCUT2D eigenvalue weighted by Crippen LogP contribution is 2.35. The standard InChI is InChI=1S/C18H26N2O/c1-12(2)17(13-6-4-3-5-7-13)18(21)20-16-9-8-14-10-19-11-15(14)16/h3-7,12,14-17,19H,8-11H2,1-2H3,(H,20,21)/t14?,15-,16?,17?/m0/s1. The van der Waals surface area contributed by atoms with Gasteiger partial charge in [-0.25, -0.2) is 0 Å². The van der Waals surface area contributed by atoms with Gasteiger partial charge in [0.15, 0.2) is 0 Å². The second-order valence-corrected chi connectivity index (χ2v) is 6.91. The molecule has 21 heavy (non-hydrogen) atoms. The number of benzene rings is 1. The molecule has 4 atom stereocenters. The largest absolute Gasteiger partial charge is 0.352 e. The Morgan fingerprint density at radius 2 is 1.95 bits per heavy atom. The van der Waals surface area contributed by atoms with E-state index in [1.54, 1.807) is 0 Å². The summed E-state index contributed by atoms with van der Waals surface area (Å²) in [6.45, 7) is 6.45. The number of carbonyl (C=O) groups excluding carboxylic acids is 1. The Bertz CT molecular complexity index is 485. The molecule has 1 saturated carbocycles. The van der Waals surface area contributed by atoms with Crippen molar-refractivity contribution in [1.29, 1.82) is 0 Å². The molecule has 3 rings (SSSR count). The Balaban J connectivity index is 1.70. The van der Waals surface area contributed by atoms with Crippen molar-refractivity contribution in [3.63, 3.8) is 0 Å². The highest BCUT2D eigenvalue weighted by molar-refractivity contribution is 5.84. The molecule has 1 aliphatic heterocycles. The molecule has 1 saturated heterocycles. The van der Waals surface area contributed by atoms with E-state index in [2.05, 4.69) is 36.6 Å². The van der Waals surface area contributed by atoms with Crippen molar-refractivity contribution < 1.29 is 4.79 Å². The van der Waals surface area contributed by atoms with Crippen LogP contribution in [0.5, 0.6) is 0 Å². The first-order valence-electron chi connectivity index (χ1n) is 8.23. The molecule has 1 aromatic rings. The average molecular weight is 286 g/mol. The molecule has 114 valence electrons. The van der Waals surface area contributed by atoms with E-state index >= 15 is 0 Å². The molecule has 2 aliphatic rings. The molecule has 3 unspecified atom stereocenters. The number of carbonyl (C=O) groups is 1. The minimum atomic E-state index is -0.0420. The van der Waals surface area contributed by atoms with Crippen LogP contribution in [0, 0.1) is 17.8 Å².